The minimum absolute atomic E-state index is 0.118. The minimum atomic E-state index is -0.118. The number of furan rings is 1. The lowest BCUT2D eigenvalue weighted by Gasteiger charge is -2.35. The van der Waals surface area contributed by atoms with E-state index in [4.69, 9.17) is 4.42 Å². The zero-order chi connectivity index (χ0) is 11.6. The number of nitrogens with zero attached hydrogens (tertiary/aromatic N) is 1. The van der Waals surface area contributed by atoms with Gasteiger partial charge in [0.1, 0.15) is 5.76 Å². The molecule has 1 aromatic rings. The van der Waals surface area contributed by atoms with Crippen molar-refractivity contribution in [3.05, 3.63) is 24.2 Å². The molecule has 16 heavy (non-hydrogen) atoms. The third kappa shape index (κ3) is 2.44. The first-order valence-corrected chi connectivity index (χ1v) is 5.62. The Morgan fingerprint density at radius 1 is 1.56 bits per heavy atom. The van der Waals surface area contributed by atoms with Crippen LogP contribution in [-0.2, 0) is 11.3 Å². The molecule has 0 aliphatic carbocycles. The first-order valence-electron chi connectivity index (χ1n) is 5.62. The Kier molecular flexibility index (Phi) is 3.01. The molecule has 1 aromatic heterocycles. The molecule has 0 saturated carbocycles. The Labute approximate surface area is 95.6 Å². The molecule has 0 bridgehead atoms. The lowest BCUT2D eigenvalue weighted by atomic mass is 9.98. The summed E-state index contributed by atoms with van der Waals surface area (Å²) in [4.78, 5) is 13.8. The van der Waals surface area contributed by atoms with E-state index >= 15 is 0 Å². The fourth-order valence-electron chi connectivity index (χ4n) is 2.08. The second-order valence-corrected chi connectivity index (χ2v) is 4.84. The Hall–Kier alpha value is -1.29. The second-order valence-electron chi connectivity index (χ2n) is 4.84. The zero-order valence-electron chi connectivity index (χ0n) is 9.82. The Bertz CT molecular complexity index is 357. The van der Waals surface area contributed by atoms with Crippen LogP contribution in [0.1, 0.15) is 26.0 Å². The van der Waals surface area contributed by atoms with E-state index in [1.165, 1.54) is 0 Å². The maximum Gasteiger partial charge on any atom is 0.221 e. The molecule has 4 heteroatoms. The molecule has 1 aliphatic heterocycles. The summed E-state index contributed by atoms with van der Waals surface area (Å²) in [6.07, 6.45) is 2.22. The van der Waals surface area contributed by atoms with Gasteiger partial charge in [-0.25, -0.2) is 0 Å². The highest BCUT2D eigenvalue weighted by atomic mass is 16.3. The monoisotopic (exact) mass is 222 g/mol. The van der Waals surface area contributed by atoms with Crippen LogP contribution < -0.4 is 5.32 Å². The summed E-state index contributed by atoms with van der Waals surface area (Å²) in [6, 6.07) is 3.86. The summed E-state index contributed by atoms with van der Waals surface area (Å²) in [6.45, 7) is 6.53. The van der Waals surface area contributed by atoms with Crippen molar-refractivity contribution in [2.75, 3.05) is 13.1 Å². The molecule has 1 aliphatic rings. The van der Waals surface area contributed by atoms with Crippen LogP contribution in [0.5, 0.6) is 0 Å². The molecule has 2 heterocycles. The molecule has 0 unspecified atom stereocenters. The van der Waals surface area contributed by atoms with E-state index in [0.717, 1.165) is 18.8 Å². The highest BCUT2D eigenvalue weighted by Crippen LogP contribution is 2.22. The van der Waals surface area contributed by atoms with Gasteiger partial charge in [-0.15, -0.1) is 0 Å². The highest BCUT2D eigenvalue weighted by Gasteiger charge is 2.32. The second kappa shape index (κ2) is 4.29. The molecule has 0 atom stereocenters. The standard InChI is InChI=1S/C12H18N2O2/c1-12(2)8-11(15)13-5-6-14(12)9-10-4-3-7-16-10/h3-4,7H,5-6,8-9H2,1-2H3,(H,13,15). The molecular formula is C12H18N2O2. The smallest absolute Gasteiger partial charge is 0.221 e. The average Bonchev–Trinajstić information content (AvgIpc) is 2.63. The summed E-state index contributed by atoms with van der Waals surface area (Å²) in [5.74, 6) is 1.08. The van der Waals surface area contributed by atoms with Crippen molar-refractivity contribution in [2.45, 2.75) is 32.4 Å². The molecule has 1 saturated heterocycles. The minimum Gasteiger partial charge on any atom is -0.468 e. The van der Waals surface area contributed by atoms with Crippen LogP contribution >= 0.6 is 0 Å². The van der Waals surface area contributed by atoms with Gasteiger partial charge in [-0.2, -0.15) is 0 Å². The maximum atomic E-state index is 11.5. The molecule has 0 spiro atoms. The van der Waals surface area contributed by atoms with E-state index in [1.54, 1.807) is 6.26 Å². The largest absolute Gasteiger partial charge is 0.468 e. The third-order valence-electron chi connectivity index (χ3n) is 3.08. The number of nitrogens with one attached hydrogen (secondary N) is 1. The predicted octanol–water partition coefficient (Wildman–Crippen LogP) is 1.38. The van der Waals surface area contributed by atoms with Gasteiger partial charge in [0.25, 0.3) is 0 Å². The number of amides is 1. The number of hydrogen-bond acceptors (Lipinski definition) is 3. The van der Waals surface area contributed by atoms with Gasteiger partial charge < -0.3 is 9.73 Å². The number of carbonyl (C=O) groups is 1. The number of rotatable bonds is 2. The van der Waals surface area contributed by atoms with Crippen LogP contribution in [0.15, 0.2) is 22.8 Å². The Balaban J connectivity index is 2.09. The van der Waals surface area contributed by atoms with Crippen molar-refractivity contribution < 1.29 is 9.21 Å². The van der Waals surface area contributed by atoms with E-state index < -0.39 is 0 Å². The summed E-state index contributed by atoms with van der Waals surface area (Å²) in [5.41, 5.74) is -0.118. The van der Waals surface area contributed by atoms with Gasteiger partial charge >= 0.3 is 0 Å². The summed E-state index contributed by atoms with van der Waals surface area (Å²) in [7, 11) is 0. The van der Waals surface area contributed by atoms with E-state index in [9.17, 15) is 4.79 Å². The molecule has 4 nitrogen and oxygen atoms in total. The number of hydrogen-bond donors (Lipinski definition) is 1. The fraction of sp³-hybridized carbons (Fsp3) is 0.583. The Morgan fingerprint density at radius 2 is 2.38 bits per heavy atom. The molecule has 0 aromatic carbocycles. The molecule has 1 N–H and O–H groups in total. The van der Waals surface area contributed by atoms with Gasteiger partial charge in [0, 0.05) is 25.0 Å². The average molecular weight is 222 g/mol. The normalized spacial score (nSPS) is 21.5. The molecule has 1 amide bonds. The maximum absolute atomic E-state index is 11.5. The Morgan fingerprint density at radius 3 is 3.06 bits per heavy atom. The summed E-state index contributed by atoms with van der Waals surface area (Å²) in [5, 5.41) is 2.90. The van der Waals surface area contributed by atoms with Crippen molar-refractivity contribution in [3.8, 4) is 0 Å². The van der Waals surface area contributed by atoms with Crippen molar-refractivity contribution in [2.24, 2.45) is 0 Å². The van der Waals surface area contributed by atoms with Crippen LogP contribution in [0, 0.1) is 0 Å². The van der Waals surface area contributed by atoms with Gasteiger partial charge in [0.2, 0.25) is 5.91 Å². The third-order valence-corrected chi connectivity index (χ3v) is 3.08. The van der Waals surface area contributed by atoms with Crippen LogP contribution in [0.4, 0.5) is 0 Å². The highest BCUT2D eigenvalue weighted by molar-refractivity contribution is 5.77. The quantitative estimate of drug-likeness (QED) is 0.822. The van der Waals surface area contributed by atoms with Crippen LogP contribution in [0.2, 0.25) is 0 Å². The molecular weight excluding hydrogens is 204 g/mol. The van der Waals surface area contributed by atoms with Crippen LogP contribution in [0.3, 0.4) is 0 Å². The van der Waals surface area contributed by atoms with Crippen molar-refractivity contribution in [3.63, 3.8) is 0 Å². The summed E-state index contributed by atoms with van der Waals surface area (Å²) >= 11 is 0. The lowest BCUT2D eigenvalue weighted by Crippen LogP contribution is -2.44. The fourth-order valence-corrected chi connectivity index (χ4v) is 2.08. The molecule has 88 valence electrons. The molecule has 1 fully saturated rings. The first-order chi connectivity index (χ1) is 7.58. The predicted molar refractivity (Wildman–Crippen MR) is 60.8 cm³/mol. The van der Waals surface area contributed by atoms with E-state index in [0.29, 0.717) is 13.0 Å². The van der Waals surface area contributed by atoms with Gasteiger partial charge in [-0.3, -0.25) is 9.69 Å². The molecule has 0 radical (unpaired) electrons. The van der Waals surface area contributed by atoms with Crippen LogP contribution in [0.25, 0.3) is 0 Å². The van der Waals surface area contributed by atoms with E-state index in [-0.39, 0.29) is 11.4 Å². The topological polar surface area (TPSA) is 45.5 Å². The van der Waals surface area contributed by atoms with Crippen molar-refractivity contribution in [1.82, 2.24) is 10.2 Å². The van der Waals surface area contributed by atoms with Crippen molar-refractivity contribution >= 4 is 5.91 Å². The SMILES string of the molecule is CC1(C)CC(=O)NCCN1Cc1ccco1. The number of carbonyl (C=O) groups excluding carboxylic acids is 1. The van der Waals surface area contributed by atoms with Crippen LogP contribution in [-0.4, -0.2) is 29.4 Å². The van der Waals surface area contributed by atoms with Gasteiger partial charge in [-0.05, 0) is 26.0 Å². The van der Waals surface area contributed by atoms with Gasteiger partial charge in [0.15, 0.2) is 0 Å². The molecule has 2 rings (SSSR count). The lowest BCUT2D eigenvalue weighted by molar-refractivity contribution is -0.122. The van der Waals surface area contributed by atoms with E-state index in [1.807, 2.05) is 12.1 Å². The summed E-state index contributed by atoms with van der Waals surface area (Å²) < 4.78 is 5.35. The van der Waals surface area contributed by atoms with E-state index in [2.05, 4.69) is 24.1 Å². The van der Waals surface area contributed by atoms with Crippen molar-refractivity contribution in [1.29, 1.82) is 0 Å². The van der Waals surface area contributed by atoms with Gasteiger partial charge in [0.05, 0.1) is 12.8 Å². The first kappa shape index (κ1) is 11.2. The zero-order valence-corrected chi connectivity index (χ0v) is 9.82. The van der Waals surface area contributed by atoms with Gasteiger partial charge in [-0.1, -0.05) is 0 Å².